The minimum atomic E-state index is -0.306. The van der Waals surface area contributed by atoms with Crippen molar-refractivity contribution in [3.63, 3.8) is 0 Å². The van der Waals surface area contributed by atoms with E-state index in [-0.39, 0.29) is 24.2 Å². The molecule has 1 aromatic rings. The van der Waals surface area contributed by atoms with Gasteiger partial charge in [0.05, 0.1) is 13.5 Å². The van der Waals surface area contributed by atoms with E-state index in [1.54, 1.807) is 0 Å². The summed E-state index contributed by atoms with van der Waals surface area (Å²) in [6, 6.07) is 8.03. The average molecular weight is 326 g/mol. The van der Waals surface area contributed by atoms with Gasteiger partial charge >= 0.3 is 5.97 Å². The molecule has 1 fully saturated rings. The Kier molecular flexibility index (Phi) is 4.58. The molecule has 1 aromatic carbocycles. The lowest BCUT2D eigenvalue weighted by atomic mass is 10.1. The van der Waals surface area contributed by atoms with Crippen molar-refractivity contribution in [3.05, 3.63) is 34.3 Å². The number of rotatable bonds is 5. The zero-order valence-corrected chi connectivity index (χ0v) is 12.3. The van der Waals surface area contributed by atoms with Crippen molar-refractivity contribution in [2.75, 3.05) is 13.7 Å². The zero-order valence-electron chi connectivity index (χ0n) is 10.7. The highest BCUT2D eigenvalue weighted by Gasteiger charge is 2.43. The van der Waals surface area contributed by atoms with Gasteiger partial charge in [-0.3, -0.25) is 9.59 Å². The second-order valence-electron chi connectivity index (χ2n) is 4.62. The molecule has 1 amide bonds. The predicted molar refractivity (Wildman–Crippen MR) is 74.6 cm³/mol. The van der Waals surface area contributed by atoms with Crippen LogP contribution in [0.15, 0.2) is 28.7 Å². The summed E-state index contributed by atoms with van der Waals surface area (Å²) in [6.07, 6.45) is 1.09. The molecule has 0 bridgehead atoms. The molecule has 1 N–H and O–H groups in total. The van der Waals surface area contributed by atoms with Gasteiger partial charge in [0.1, 0.15) is 0 Å². The van der Waals surface area contributed by atoms with E-state index in [2.05, 4.69) is 26.0 Å². The SMILES string of the molecule is COC(=O)CCNC(=O)C1CC1c1cccc(Br)c1. The van der Waals surface area contributed by atoms with Crippen molar-refractivity contribution in [2.45, 2.75) is 18.8 Å². The summed E-state index contributed by atoms with van der Waals surface area (Å²) in [5.74, 6) is 0.0519. The Morgan fingerprint density at radius 1 is 1.47 bits per heavy atom. The van der Waals surface area contributed by atoms with Gasteiger partial charge in [0.25, 0.3) is 0 Å². The maximum absolute atomic E-state index is 11.9. The largest absolute Gasteiger partial charge is 0.469 e. The highest BCUT2D eigenvalue weighted by molar-refractivity contribution is 9.10. The maximum atomic E-state index is 11.9. The lowest BCUT2D eigenvalue weighted by molar-refractivity contribution is -0.140. The standard InChI is InChI=1S/C14H16BrNO3/c1-19-13(17)5-6-16-14(18)12-8-11(12)9-3-2-4-10(15)7-9/h2-4,7,11-12H,5-6,8H2,1H3,(H,16,18). The third-order valence-electron chi connectivity index (χ3n) is 3.26. The Bertz CT molecular complexity index is 489. The summed E-state index contributed by atoms with van der Waals surface area (Å²) in [5.41, 5.74) is 1.18. The second-order valence-corrected chi connectivity index (χ2v) is 5.54. The molecule has 0 radical (unpaired) electrons. The van der Waals surface area contributed by atoms with Crippen LogP contribution in [0.3, 0.4) is 0 Å². The molecule has 2 atom stereocenters. The van der Waals surface area contributed by atoms with Gasteiger partial charge < -0.3 is 10.1 Å². The Balaban J connectivity index is 1.79. The molecular weight excluding hydrogens is 310 g/mol. The molecule has 1 aliphatic carbocycles. The molecule has 5 heteroatoms. The first kappa shape index (κ1) is 14.1. The van der Waals surface area contributed by atoms with E-state index in [9.17, 15) is 9.59 Å². The molecule has 0 aliphatic heterocycles. The molecule has 0 spiro atoms. The van der Waals surface area contributed by atoms with Crippen LogP contribution >= 0.6 is 15.9 Å². The number of carbonyl (C=O) groups excluding carboxylic acids is 2. The van der Waals surface area contributed by atoms with E-state index in [0.29, 0.717) is 12.5 Å². The summed E-state index contributed by atoms with van der Waals surface area (Å²) in [7, 11) is 1.34. The first-order chi connectivity index (χ1) is 9.11. The second kappa shape index (κ2) is 6.19. The van der Waals surface area contributed by atoms with E-state index in [1.807, 2.05) is 24.3 Å². The van der Waals surface area contributed by atoms with Gasteiger partial charge in [-0.05, 0) is 30.0 Å². The van der Waals surface area contributed by atoms with Crippen molar-refractivity contribution in [1.82, 2.24) is 5.32 Å². The van der Waals surface area contributed by atoms with Gasteiger partial charge in [0.2, 0.25) is 5.91 Å². The summed E-state index contributed by atoms with van der Waals surface area (Å²) in [6.45, 7) is 0.340. The fourth-order valence-electron chi connectivity index (χ4n) is 2.11. The molecule has 102 valence electrons. The van der Waals surface area contributed by atoms with E-state index in [0.717, 1.165) is 10.9 Å². The van der Waals surface area contributed by atoms with Crippen molar-refractivity contribution in [3.8, 4) is 0 Å². The fourth-order valence-corrected chi connectivity index (χ4v) is 2.53. The van der Waals surface area contributed by atoms with Crippen LogP contribution in [-0.2, 0) is 14.3 Å². The predicted octanol–water partition coefficient (Wildman–Crippen LogP) is 2.23. The molecule has 4 nitrogen and oxygen atoms in total. The van der Waals surface area contributed by atoms with E-state index in [1.165, 1.54) is 12.7 Å². The monoisotopic (exact) mass is 325 g/mol. The minimum Gasteiger partial charge on any atom is -0.469 e. The number of amides is 1. The molecule has 0 saturated heterocycles. The van der Waals surface area contributed by atoms with Gasteiger partial charge in [-0.1, -0.05) is 28.1 Å². The Labute approximate surface area is 120 Å². The molecule has 0 aromatic heterocycles. The molecule has 2 rings (SSSR count). The first-order valence-corrected chi connectivity index (χ1v) is 7.01. The number of esters is 1. The molecule has 2 unspecified atom stereocenters. The Morgan fingerprint density at radius 3 is 2.95 bits per heavy atom. The summed E-state index contributed by atoms with van der Waals surface area (Å²) >= 11 is 3.43. The third-order valence-corrected chi connectivity index (χ3v) is 3.75. The van der Waals surface area contributed by atoms with Crippen LogP contribution < -0.4 is 5.32 Å². The number of nitrogens with one attached hydrogen (secondary N) is 1. The lowest BCUT2D eigenvalue weighted by Crippen LogP contribution is -2.28. The van der Waals surface area contributed by atoms with Crippen molar-refractivity contribution < 1.29 is 14.3 Å². The molecule has 19 heavy (non-hydrogen) atoms. The number of methoxy groups -OCH3 is 1. The van der Waals surface area contributed by atoms with Crippen LogP contribution in [0.1, 0.15) is 24.3 Å². The van der Waals surface area contributed by atoms with Crippen LogP contribution in [-0.4, -0.2) is 25.5 Å². The van der Waals surface area contributed by atoms with Crippen LogP contribution in [0.25, 0.3) is 0 Å². The van der Waals surface area contributed by atoms with Crippen LogP contribution in [0, 0.1) is 5.92 Å². The molecule has 1 saturated carbocycles. The summed E-state index contributed by atoms with van der Waals surface area (Å²) < 4.78 is 5.55. The quantitative estimate of drug-likeness (QED) is 0.844. The number of carbonyl (C=O) groups is 2. The first-order valence-electron chi connectivity index (χ1n) is 6.22. The van der Waals surface area contributed by atoms with Crippen LogP contribution in [0.4, 0.5) is 0 Å². The van der Waals surface area contributed by atoms with E-state index in [4.69, 9.17) is 0 Å². The number of ether oxygens (including phenoxy) is 1. The smallest absolute Gasteiger partial charge is 0.307 e. The van der Waals surface area contributed by atoms with Crippen LogP contribution in [0.2, 0.25) is 0 Å². The molecule has 0 heterocycles. The highest BCUT2D eigenvalue weighted by Crippen LogP contribution is 2.47. The van der Waals surface area contributed by atoms with E-state index < -0.39 is 0 Å². The molecular formula is C14H16BrNO3. The van der Waals surface area contributed by atoms with Gasteiger partial charge in [0, 0.05) is 16.9 Å². The highest BCUT2D eigenvalue weighted by atomic mass is 79.9. The fraction of sp³-hybridized carbons (Fsp3) is 0.429. The molecule has 1 aliphatic rings. The van der Waals surface area contributed by atoms with E-state index >= 15 is 0 Å². The lowest BCUT2D eigenvalue weighted by Gasteiger charge is -2.04. The van der Waals surface area contributed by atoms with Gasteiger partial charge in [-0.15, -0.1) is 0 Å². The Hall–Kier alpha value is -1.36. The number of hydrogen-bond acceptors (Lipinski definition) is 3. The Morgan fingerprint density at radius 2 is 2.26 bits per heavy atom. The van der Waals surface area contributed by atoms with Gasteiger partial charge in [0.15, 0.2) is 0 Å². The van der Waals surface area contributed by atoms with Gasteiger partial charge in [-0.2, -0.15) is 0 Å². The van der Waals surface area contributed by atoms with Crippen molar-refractivity contribution in [2.24, 2.45) is 5.92 Å². The van der Waals surface area contributed by atoms with Crippen LogP contribution in [0.5, 0.6) is 0 Å². The normalized spacial score (nSPS) is 20.7. The minimum absolute atomic E-state index is 0.0221. The third kappa shape index (κ3) is 3.80. The van der Waals surface area contributed by atoms with Crippen molar-refractivity contribution >= 4 is 27.8 Å². The summed E-state index contributed by atoms with van der Waals surface area (Å²) in [5, 5.41) is 2.77. The van der Waals surface area contributed by atoms with Crippen molar-refractivity contribution in [1.29, 1.82) is 0 Å². The number of hydrogen-bond donors (Lipinski definition) is 1. The zero-order chi connectivity index (χ0) is 13.8. The average Bonchev–Trinajstić information content (AvgIpc) is 3.18. The van der Waals surface area contributed by atoms with Gasteiger partial charge in [-0.25, -0.2) is 0 Å². The maximum Gasteiger partial charge on any atom is 0.307 e. The number of halogens is 1. The summed E-state index contributed by atoms with van der Waals surface area (Å²) in [4.78, 5) is 22.8. The topological polar surface area (TPSA) is 55.4 Å². The number of benzene rings is 1.